The molecule has 1 N–H and O–H groups in total. The molecule has 0 aromatic carbocycles. The number of hydrogen-bond acceptors (Lipinski definition) is 1. The summed E-state index contributed by atoms with van der Waals surface area (Å²) >= 11 is 0. The SMILES string of the molecule is CCCCCCCCCCCCCCCCCCCNCCCCCCC. The molecule has 0 amide bonds. The monoisotopic (exact) mass is 381 g/mol. The lowest BCUT2D eigenvalue weighted by Gasteiger charge is -2.05. The van der Waals surface area contributed by atoms with Crippen LogP contribution in [0.4, 0.5) is 0 Å². The van der Waals surface area contributed by atoms with Crippen LogP contribution < -0.4 is 5.32 Å². The minimum Gasteiger partial charge on any atom is -0.317 e. The van der Waals surface area contributed by atoms with Gasteiger partial charge in [-0.05, 0) is 25.9 Å². The number of rotatable bonds is 24. The van der Waals surface area contributed by atoms with Crippen molar-refractivity contribution in [1.29, 1.82) is 0 Å². The average Bonchev–Trinajstić information content (AvgIpc) is 2.68. The van der Waals surface area contributed by atoms with Crippen molar-refractivity contribution in [3.8, 4) is 0 Å². The van der Waals surface area contributed by atoms with Gasteiger partial charge < -0.3 is 5.32 Å². The van der Waals surface area contributed by atoms with E-state index in [1.54, 1.807) is 0 Å². The molecule has 0 heterocycles. The summed E-state index contributed by atoms with van der Waals surface area (Å²) in [7, 11) is 0. The fraction of sp³-hybridized carbons (Fsp3) is 1.00. The smallest absolute Gasteiger partial charge is 0.00489 e. The van der Waals surface area contributed by atoms with E-state index in [-0.39, 0.29) is 0 Å². The second kappa shape index (κ2) is 26.0. The maximum Gasteiger partial charge on any atom is -0.00489 e. The maximum atomic E-state index is 3.61. The Morgan fingerprint density at radius 1 is 0.296 bits per heavy atom. The van der Waals surface area contributed by atoms with E-state index in [2.05, 4.69) is 19.2 Å². The van der Waals surface area contributed by atoms with Gasteiger partial charge in [0, 0.05) is 0 Å². The molecule has 0 rings (SSSR count). The first-order valence-corrected chi connectivity index (χ1v) is 13.1. The van der Waals surface area contributed by atoms with Crippen molar-refractivity contribution in [3.63, 3.8) is 0 Å². The Labute approximate surface area is 173 Å². The fourth-order valence-electron chi connectivity index (χ4n) is 3.95. The first-order chi connectivity index (χ1) is 13.4. The van der Waals surface area contributed by atoms with Gasteiger partial charge in [0.05, 0.1) is 0 Å². The highest BCUT2D eigenvalue weighted by Crippen LogP contribution is 2.13. The van der Waals surface area contributed by atoms with E-state index in [9.17, 15) is 0 Å². The van der Waals surface area contributed by atoms with Gasteiger partial charge in [-0.3, -0.25) is 0 Å². The van der Waals surface area contributed by atoms with Gasteiger partial charge in [0.15, 0.2) is 0 Å². The first-order valence-electron chi connectivity index (χ1n) is 13.1. The summed E-state index contributed by atoms with van der Waals surface area (Å²) in [5.74, 6) is 0. The van der Waals surface area contributed by atoms with Gasteiger partial charge in [-0.15, -0.1) is 0 Å². The Morgan fingerprint density at radius 2 is 0.519 bits per heavy atom. The van der Waals surface area contributed by atoms with Gasteiger partial charge in [0.1, 0.15) is 0 Å². The van der Waals surface area contributed by atoms with Crippen LogP contribution in [0.2, 0.25) is 0 Å². The minimum atomic E-state index is 1.24. The van der Waals surface area contributed by atoms with Crippen molar-refractivity contribution in [2.45, 2.75) is 155 Å². The van der Waals surface area contributed by atoms with Crippen LogP contribution >= 0.6 is 0 Å². The summed E-state index contributed by atoms with van der Waals surface area (Å²) < 4.78 is 0. The van der Waals surface area contributed by atoms with E-state index in [0.29, 0.717) is 0 Å². The zero-order valence-corrected chi connectivity index (χ0v) is 19.5. The summed E-state index contributed by atoms with van der Waals surface area (Å²) in [6.07, 6.45) is 31.8. The Morgan fingerprint density at radius 3 is 0.778 bits per heavy atom. The molecule has 0 fully saturated rings. The third-order valence-electron chi connectivity index (χ3n) is 5.91. The molecule has 0 atom stereocenters. The molecule has 27 heavy (non-hydrogen) atoms. The standard InChI is InChI=1S/C26H55N/c1-3-5-7-9-10-11-12-13-14-15-16-17-18-19-20-22-24-26-27-25-23-21-8-6-4-2/h27H,3-26H2,1-2H3. The lowest BCUT2D eigenvalue weighted by atomic mass is 10.0. The Hall–Kier alpha value is -0.0400. The molecule has 0 bridgehead atoms. The average molecular weight is 382 g/mol. The summed E-state index contributed by atoms with van der Waals surface area (Å²) in [5.41, 5.74) is 0. The third kappa shape index (κ3) is 26.0. The predicted molar refractivity (Wildman–Crippen MR) is 126 cm³/mol. The second-order valence-corrected chi connectivity index (χ2v) is 8.82. The van der Waals surface area contributed by atoms with Crippen molar-refractivity contribution < 1.29 is 0 Å². The predicted octanol–water partition coefficient (Wildman–Crippen LogP) is 9.20. The van der Waals surface area contributed by atoms with Crippen LogP contribution in [0.15, 0.2) is 0 Å². The highest BCUT2D eigenvalue weighted by molar-refractivity contribution is 4.52. The van der Waals surface area contributed by atoms with Crippen LogP contribution in [0.5, 0.6) is 0 Å². The summed E-state index contributed by atoms with van der Waals surface area (Å²) in [6.45, 7) is 7.07. The molecule has 0 aliphatic carbocycles. The number of nitrogens with one attached hydrogen (secondary N) is 1. The zero-order valence-electron chi connectivity index (χ0n) is 19.5. The molecule has 0 saturated heterocycles. The first kappa shape index (κ1) is 27.0. The molecule has 0 aromatic rings. The fourth-order valence-corrected chi connectivity index (χ4v) is 3.95. The quantitative estimate of drug-likeness (QED) is 0.164. The van der Waals surface area contributed by atoms with E-state index in [1.165, 1.54) is 154 Å². The van der Waals surface area contributed by atoms with Crippen molar-refractivity contribution in [2.24, 2.45) is 0 Å². The molecule has 0 radical (unpaired) electrons. The Bertz CT molecular complexity index is 214. The van der Waals surface area contributed by atoms with E-state index in [0.717, 1.165) is 0 Å². The Kier molecular flexibility index (Phi) is 25.9. The molecular weight excluding hydrogens is 326 g/mol. The van der Waals surface area contributed by atoms with Gasteiger partial charge in [-0.25, -0.2) is 0 Å². The molecular formula is C26H55N. The highest BCUT2D eigenvalue weighted by atomic mass is 14.8. The largest absolute Gasteiger partial charge is 0.317 e. The van der Waals surface area contributed by atoms with E-state index >= 15 is 0 Å². The third-order valence-corrected chi connectivity index (χ3v) is 5.91. The van der Waals surface area contributed by atoms with E-state index in [1.807, 2.05) is 0 Å². The molecule has 0 aliphatic heterocycles. The van der Waals surface area contributed by atoms with Crippen LogP contribution in [0.1, 0.15) is 155 Å². The van der Waals surface area contributed by atoms with Crippen LogP contribution in [0.3, 0.4) is 0 Å². The molecule has 0 unspecified atom stereocenters. The normalized spacial score (nSPS) is 11.3. The summed E-state index contributed by atoms with van der Waals surface area (Å²) in [4.78, 5) is 0. The highest BCUT2D eigenvalue weighted by Gasteiger charge is 1.95. The maximum absolute atomic E-state index is 3.61. The van der Waals surface area contributed by atoms with Crippen molar-refractivity contribution in [1.82, 2.24) is 5.32 Å². The van der Waals surface area contributed by atoms with Gasteiger partial charge >= 0.3 is 0 Å². The topological polar surface area (TPSA) is 12.0 Å². The molecule has 0 aliphatic rings. The minimum absolute atomic E-state index is 1.24. The molecule has 0 aromatic heterocycles. The zero-order chi connectivity index (χ0) is 19.7. The van der Waals surface area contributed by atoms with Gasteiger partial charge in [0.2, 0.25) is 0 Å². The molecule has 164 valence electrons. The number of hydrogen-bond donors (Lipinski definition) is 1. The van der Waals surface area contributed by atoms with Crippen molar-refractivity contribution in [3.05, 3.63) is 0 Å². The van der Waals surface area contributed by atoms with Gasteiger partial charge in [0.25, 0.3) is 0 Å². The van der Waals surface area contributed by atoms with Crippen LogP contribution in [-0.2, 0) is 0 Å². The molecule has 1 heteroatoms. The Balaban J connectivity index is 2.95. The van der Waals surface area contributed by atoms with Gasteiger partial charge in [-0.2, -0.15) is 0 Å². The summed E-state index contributed by atoms with van der Waals surface area (Å²) in [5, 5.41) is 3.61. The van der Waals surface area contributed by atoms with Crippen LogP contribution in [-0.4, -0.2) is 13.1 Å². The summed E-state index contributed by atoms with van der Waals surface area (Å²) in [6, 6.07) is 0. The van der Waals surface area contributed by atoms with Crippen LogP contribution in [0, 0.1) is 0 Å². The molecule has 0 saturated carbocycles. The molecule has 1 nitrogen and oxygen atoms in total. The van der Waals surface area contributed by atoms with Crippen molar-refractivity contribution in [2.75, 3.05) is 13.1 Å². The van der Waals surface area contributed by atoms with E-state index in [4.69, 9.17) is 0 Å². The van der Waals surface area contributed by atoms with E-state index < -0.39 is 0 Å². The number of unbranched alkanes of at least 4 members (excludes halogenated alkanes) is 20. The second-order valence-electron chi connectivity index (χ2n) is 8.82. The van der Waals surface area contributed by atoms with Crippen molar-refractivity contribution >= 4 is 0 Å². The lowest BCUT2D eigenvalue weighted by Crippen LogP contribution is -2.16. The molecule has 0 spiro atoms. The van der Waals surface area contributed by atoms with Crippen LogP contribution in [0.25, 0.3) is 0 Å². The lowest BCUT2D eigenvalue weighted by molar-refractivity contribution is 0.520. The van der Waals surface area contributed by atoms with Gasteiger partial charge in [-0.1, -0.05) is 142 Å².